The Morgan fingerprint density at radius 2 is 1.79 bits per heavy atom. The summed E-state index contributed by atoms with van der Waals surface area (Å²) in [6.45, 7) is 5.29. The molecule has 4 nitrogen and oxygen atoms in total. The van der Waals surface area contributed by atoms with Crippen molar-refractivity contribution in [1.82, 2.24) is 9.88 Å². The molecule has 0 bridgehead atoms. The van der Waals surface area contributed by atoms with E-state index in [1.165, 1.54) is 15.2 Å². The average molecular weight is 430 g/mol. The molecular formula is C21H23N3OS3. The number of amides is 1. The molecule has 1 aromatic heterocycles. The van der Waals surface area contributed by atoms with Crippen molar-refractivity contribution in [1.29, 1.82) is 0 Å². The van der Waals surface area contributed by atoms with Crippen LogP contribution in [-0.4, -0.2) is 54.0 Å². The standard InChI is InChI=1S/C21H23N3OS3/c1-15-3-5-16(6-4-15)27-14-20(25)23-9-11-24(12-10-23)21-22-18-8-7-17(26-2)13-19(18)28-21/h3-8,13H,9-12,14H2,1-2H3. The second-order valence-corrected chi connectivity index (χ2v) is 9.74. The topological polar surface area (TPSA) is 36.4 Å². The van der Waals surface area contributed by atoms with E-state index in [2.05, 4.69) is 60.5 Å². The Morgan fingerprint density at radius 1 is 1.07 bits per heavy atom. The number of nitrogens with zero attached hydrogens (tertiary/aromatic N) is 3. The highest BCUT2D eigenvalue weighted by Gasteiger charge is 2.23. The van der Waals surface area contributed by atoms with E-state index >= 15 is 0 Å². The minimum absolute atomic E-state index is 0.221. The normalized spacial score (nSPS) is 14.6. The lowest BCUT2D eigenvalue weighted by molar-refractivity contribution is -0.128. The van der Waals surface area contributed by atoms with Gasteiger partial charge in [0.1, 0.15) is 0 Å². The van der Waals surface area contributed by atoms with Crippen molar-refractivity contribution < 1.29 is 4.79 Å². The van der Waals surface area contributed by atoms with E-state index in [0.29, 0.717) is 5.75 Å². The number of benzene rings is 2. The number of thiazole rings is 1. The molecule has 146 valence electrons. The fourth-order valence-electron chi connectivity index (χ4n) is 3.17. The van der Waals surface area contributed by atoms with Crippen molar-refractivity contribution in [3.63, 3.8) is 0 Å². The van der Waals surface area contributed by atoms with Gasteiger partial charge in [-0.2, -0.15) is 0 Å². The third-order valence-corrected chi connectivity index (χ3v) is 7.67. The van der Waals surface area contributed by atoms with E-state index < -0.39 is 0 Å². The van der Waals surface area contributed by atoms with E-state index in [1.54, 1.807) is 34.9 Å². The molecule has 1 saturated heterocycles. The molecule has 4 rings (SSSR count). The number of aromatic nitrogens is 1. The van der Waals surface area contributed by atoms with Crippen molar-refractivity contribution in [2.45, 2.75) is 16.7 Å². The molecular weight excluding hydrogens is 406 g/mol. The maximum Gasteiger partial charge on any atom is 0.233 e. The summed E-state index contributed by atoms with van der Waals surface area (Å²) in [6, 6.07) is 14.8. The summed E-state index contributed by atoms with van der Waals surface area (Å²) in [7, 11) is 0. The van der Waals surface area contributed by atoms with Crippen molar-refractivity contribution in [3.05, 3.63) is 48.0 Å². The Labute approximate surface area is 178 Å². The number of carbonyl (C=O) groups is 1. The lowest BCUT2D eigenvalue weighted by Crippen LogP contribution is -2.49. The van der Waals surface area contributed by atoms with Gasteiger partial charge < -0.3 is 9.80 Å². The summed E-state index contributed by atoms with van der Waals surface area (Å²) >= 11 is 5.12. The van der Waals surface area contributed by atoms with Gasteiger partial charge in [0.05, 0.1) is 16.0 Å². The number of anilines is 1. The Balaban J connectivity index is 1.32. The van der Waals surface area contributed by atoms with Gasteiger partial charge in [-0.3, -0.25) is 4.79 Å². The molecule has 0 N–H and O–H groups in total. The molecule has 0 spiro atoms. The van der Waals surface area contributed by atoms with Gasteiger partial charge in [0.15, 0.2) is 5.13 Å². The van der Waals surface area contributed by atoms with Crippen LogP contribution in [-0.2, 0) is 4.79 Å². The molecule has 1 aliphatic rings. The number of hydrogen-bond acceptors (Lipinski definition) is 6. The van der Waals surface area contributed by atoms with Gasteiger partial charge in [0.25, 0.3) is 0 Å². The molecule has 7 heteroatoms. The fraction of sp³-hybridized carbons (Fsp3) is 0.333. The molecule has 0 saturated carbocycles. The van der Waals surface area contributed by atoms with Crippen LogP contribution in [0.3, 0.4) is 0 Å². The zero-order valence-corrected chi connectivity index (χ0v) is 18.5. The lowest BCUT2D eigenvalue weighted by Gasteiger charge is -2.34. The van der Waals surface area contributed by atoms with Gasteiger partial charge in [-0.1, -0.05) is 29.0 Å². The maximum absolute atomic E-state index is 12.6. The summed E-state index contributed by atoms with van der Waals surface area (Å²) in [5, 5.41) is 1.06. The monoisotopic (exact) mass is 429 g/mol. The zero-order valence-electron chi connectivity index (χ0n) is 16.1. The number of hydrogen-bond donors (Lipinski definition) is 0. The minimum atomic E-state index is 0.221. The summed E-state index contributed by atoms with van der Waals surface area (Å²) in [5.41, 5.74) is 2.30. The van der Waals surface area contributed by atoms with Crippen molar-refractivity contribution in [3.8, 4) is 0 Å². The van der Waals surface area contributed by atoms with Gasteiger partial charge >= 0.3 is 0 Å². The van der Waals surface area contributed by atoms with Gasteiger partial charge in [-0.05, 0) is 43.5 Å². The SMILES string of the molecule is CSc1ccc2nc(N3CCN(C(=O)CSc4ccc(C)cc4)CC3)sc2c1. The Kier molecular flexibility index (Phi) is 6.13. The van der Waals surface area contributed by atoms with Crippen LogP contribution in [0, 0.1) is 6.92 Å². The zero-order chi connectivity index (χ0) is 19.5. The Bertz CT molecular complexity index is 963. The highest BCUT2D eigenvalue weighted by molar-refractivity contribution is 8.00. The van der Waals surface area contributed by atoms with Crippen LogP contribution in [0.5, 0.6) is 0 Å². The van der Waals surface area contributed by atoms with Crippen molar-refractivity contribution >= 4 is 56.1 Å². The minimum Gasteiger partial charge on any atom is -0.345 e. The quantitative estimate of drug-likeness (QED) is 0.546. The van der Waals surface area contributed by atoms with E-state index in [9.17, 15) is 4.79 Å². The molecule has 2 heterocycles. The van der Waals surface area contributed by atoms with Crippen molar-refractivity contribution in [2.75, 3.05) is 43.1 Å². The summed E-state index contributed by atoms with van der Waals surface area (Å²) in [5.74, 6) is 0.723. The second-order valence-electron chi connectivity index (χ2n) is 6.80. The first-order chi connectivity index (χ1) is 13.6. The van der Waals surface area contributed by atoms with Crippen LogP contribution in [0.1, 0.15) is 5.56 Å². The highest BCUT2D eigenvalue weighted by Crippen LogP contribution is 2.32. The van der Waals surface area contributed by atoms with Gasteiger partial charge in [-0.15, -0.1) is 23.5 Å². The van der Waals surface area contributed by atoms with Crippen LogP contribution in [0.15, 0.2) is 52.3 Å². The van der Waals surface area contributed by atoms with Crippen LogP contribution >= 0.6 is 34.9 Å². The van der Waals surface area contributed by atoms with Crippen LogP contribution < -0.4 is 4.90 Å². The van der Waals surface area contributed by atoms with E-state index in [4.69, 9.17) is 4.98 Å². The van der Waals surface area contributed by atoms with Gasteiger partial charge in [-0.25, -0.2) is 4.98 Å². The molecule has 28 heavy (non-hydrogen) atoms. The Morgan fingerprint density at radius 3 is 2.50 bits per heavy atom. The Hall–Kier alpha value is -1.70. The first kappa shape index (κ1) is 19.6. The van der Waals surface area contributed by atoms with Crippen LogP contribution in [0.2, 0.25) is 0 Å². The van der Waals surface area contributed by atoms with Crippen LogP contribution in [0.4, 0.5) is 5.13 Å². The molecule has 1 amide bonds. The summed E-state index contributed by atoms with van der Waals surface area (Å²) in [4.78, 5) is 24.1. The molecule has 0 atom stereocenters. The third kappa shape index (κ3) is 4.47. The molecule has 0 aliphatic carbocycles. The number of carbonyl (C=O) groups excluding carboxylic acids is 1. The second kappa shape index (κ2) is 8.76. The van der Waals surface area contributed by atoms with Crippen molar-refractivity contribution in [2.24, 2.45) is 0 Å². The van der Waals surface area contributed by atoms with E-state index in [1.807, 2.05) is 4.90 Å². The molecule has 1 aliphatic heterocycles. The smallest absolute Gasteiger partial charge is 0.233 e. The number of piperazine rings is 1. The van der Waals surface area contributed by atoms with Gasteiger partial charge in [0, 0.05) is 36.0 Å². The molecule has 2 aromatic carbocycles. The molecule has 0 radical (unpaired) electrons. The highest BCUT2D eigenvalue weighted by atomic mass is 32.2. The fourth-order valence-corrected chi connectivity index (χ4v) is 5.55. The number of aryl methyl sites for hydroxylation is 1. The van der Waals surface area contributed by atoms with E-state index in [0.717, 1.165) is 41.7 Å². The average Bonchev–Trinajstić information content (AvgIpc) is 3.16. The maximum atomic E-state index is 12.6. The molecule has 1 fully saturated rings. The predicted octanol–water partition coefficient (Wildman–Crippen LogP) is 4.77. The first-order valence-corrected chi connectivity index (χ1v) is 12.3. The van der Waals surface area contributed by atoms with E-state index in [-0.39, 0.29) is 5.91 Å². The number of rotatable bonds is 5. The summed E-state index contributed by atoms with van der Waals surface area (Å²) in [6.07, 6.45) is 2.09. The summed E-state index contributed by atoms with van der Waals surface area (Å²) < 4.78 is 1.23. The third-order valence-electron chi connectivity index (χ3n) is 4.87. The van der Waals surface area contributed by atoms with Gasteiger partial charge in [0.2, 0.25) is 5.91 Å². The first-order valence-electron chi connectivity index (χ1n) is 9.29. The largest absolute Gasteiger partial charge is 0.345 e. The number of fused-ring (bicyclic) bond motifs is 1. The molecule has 0 unspecified atom stereocenters. The molecule has 3 aromatic rings. The predicted molar refractivity (Wildman–Crippen MR) is 122 cm³/mol. The van der Waals surface area contributed by atoms with Crippen LogP contribution in [0.25, 0.3) is 10.2 Å². The lowest BCUT2D eigenvalue weighted by atomic mass is 10.2. The number of thioether (sulfide) groups is 2.